The predicted molar refractivity (Wildman–Crippen MR) is 215 cm³/mol. The van der Waals surface area contributed by atoms with Gasteiger partial charge in [-0.2, -0.15) is 18.2 Å². The first-order valence-electron chi connectivity index (χ1n) is 18.1. The average Bonchev–Trinajstić information content (AvgIpc) is 3.58. The van der Waals surface area contributed by atoms with Gasteiger partial charge >= 0.3 is 6.18 Å². The van der Waals surface area contributed by atoms with Crippen molar-refractivity contribution in [2.24, 2.45) is 23.7 Å². The Hall–Kier alpha value is -4.44. The molecule has 6 atom stereocenters. The van der Waals surface area contributed by atoms with Gasteiger partial charge in [-0.3, -0.25) is 29.5 Å². The summed E-state index contributed by atoms with van der Waals surface area (Å²) in [6, 6.07) is 15.7. The number of amides is 4. The van der Waals surface area contributed by atoms with E-state index in [1.165, 1.54) is 12.0 Å². The van der Waals surface area contributed by atoms with Crippen LogP contribution in [0.2, 0.25) is 10.0 Å². The molecular weight excluding hydrogens is 932 g/mol. The molecule has 3 fully saturated rings. The fourth-order valence-corrected chi connectivity index (χ4v) is 10.5. The van der Waals surface area contributed by atoms with E-state index < -0.39 is 69.5 Å². The van der Waals surface area contributed by atoms with Gasteiger partial charge in [0.1, 0.15) is 0 Å². The third-order valence-corrected chi connectivity index (χ3v) is 14.6. The maximum atomic E-state index is 15.5. The molecule has 2 N–H and O–H groups in total. The van der Waals surface area contributed by atoms with Crippen LogP contribution in [-0.4, -0.2) is 45.8 Å². The van der Waals surface area contributed by atoms with Crippen molar-refractivity contribution in [2.45, 2.75) is 43.7 Å². The molecule has 4 amide bonds. The van der Waals surface area contributed by atoms with Crippen molar-refractivity contribution in [1.82, 2.24) is 9.99 Å². The van der Waals surface area contributed by atoms with Crippen LogP contribution in [0.3, 0.4) is 0 Å². The summed E-state index contributed by atoms with van der Waals surface area (Å²) >= 11 is 19.7. The number of phenolic OH excluding ortho intramolecular Hbond substituents is 1. The van der Waals surface area contributed by atoms with E-state index >= 15 is 9.59 Å². The second kappa shape index (κ2) is 14.7. The van der Waals surface area contributed by atoms with Crippen LogP contribution in [-0.2, 0) is 37.2 Å². The van der Waals surface area contributed by atoms with Crippen molar-refractivity contribution in [1.29, 1.82) is 0 Å². The highest BCUT2D eigenvalue weighted by atomic mass is 79.9. The van der Waals surface area contributed by atoms with Crippen molar-refractivity contribution in [3.63, 3.8) is 0 Å². The van der Waals surface area contributed by atoms with Crippen LogP contribution in [0.1, 0.15) is 47.9 Å². The quantitative estimate of drug-likeness (QED) is 0.139. The van der Waals surface area contributed by atoms with E-state index in [1.807, 2.05) is 25.1 Å². The predicted octanol–water partition coefficient (Wildman–Crippen LogP) is 9.40. The van der Waals surface area contributed by atoms with Gasteiger partial charge in [0, 0.05) is 21.6 Å². The van der Waals surface area contributed by atoms with E-state index in [2.05, 4.69) is 42.3 Å². The molecule has 1 aromatic heterocycles. The Labute approximate surface area is 356 Å². The number of carbonyl (C=O) groups excluding carboxylic acids is 4. The lowest BCUT2D eigenvalue weighted by Crippen LogP contribution is -2.53. The number of nitrogens with zero attached hydrogens (tertiary/aromatic N) is 3. The molecule has 4 aromatic rings. The molecule has 2 saturated heterocycles. The topological polar surface area (TPSA) is 129 Å². The van der Waals surface area contributed by atoms with Gasteiger partial charge in [-0.25, -0.2) is 4.98 Å². The summed E-state index contributed by atoms with van der Waals surface area (Å²) in [4.78, 5) is 64.4. The highest BCUT2D eigenvalue weighted by molar-refractivity contribution is 9.13. The van der Waals surface area contributed by atoms with Crippen molar-refractivity contribution < 1.29 is 42.2 Å². The summed E-state index contributed by atoms with van der Waals surface area (Å²) in [6.45, 7) is 1.99. The number of rotatable bonds is 7. The largest absolute Gasteiger partial charge is 0.503 e. The molecule has 2 aliphatic heterocycles. The number of imide groups is 2. The minimum atomic E-state index is -4.77. The summed E-state index contributed by atoms with van der Waals surface area (Å²) in [5, 5.41) is 11.6. The van der Waals surface area contributed by atoms with E-state index in [0.29, 0.717) is 49.2 Å². The smallest absolute Gasteiger partial charge is 0.417 e. The standard InChI is InChI=1S/C41H31Br2Cl2F3N4O6/c1-3-18-4-10-22(11-5-18)51-36(54)24-13-12-23-25(30(24)38(51)56)15-27-37(55)52(50-35-28(45)14-20(17-49-35)41(46,47)48)39(57)40(27,19-6-8-21(44)9-7-19)31(23)26-16-29(58-2)34(53)33(43)32(26)42/h4-12,14,16-17,24-25,27,30-31,53H,3,13,15H2,1-2H3,(H,49,50). The Bertz CT molecular complexity index is 2450. The van der Waals surface area contributed by atoms with Gasteiger partial charge in [-0.05, 0) is 110 Å². The van der Waals surface area contributed by atoms with Gasteiger partial charge in [0.15, 0.2) is 17.3 Å². The lowest BCUT2D eigenvalue weighted by atomic mass is 9.49. The van der Waals surface area contributed by atoms with Crippen molar-refractivity contribution >= 4 is 90.2 Å². The highest BCUT2D eigenvalue weighted by Gasteiger charge is 2.71. The number of pyridine rings is 1. The third-order valence-electron chi connectivity index (χ3n) is 11.9. The molecule has 8 rings (SSSR count). The lowest BCUT2D eigenvalue weighted by Gasteiger charge is -2.51. The number of fused-ring (bicyclic) bond motifs is 4. The molecule has 300 valence electrons. The van der Waals surface area contributed by atoms with Crippen LogP contribution in [0.4, 0.5) is 24.7 Å². The highest BCUT2D eigenvalue weighted by Crippen LogP contribution is 2.66. The molecule has 58 heavy (non-hydrogen) atoms. The van der Waals surface area contributed by atoms with E-state index in [0.717, 1.165) is 12.0 Å². The molecular formula is C41H31Br2Cl2F3N4O6. The monoisotopic (exact) mass is 960 g/mol. The van der Waals surface area contributed by atoms with Gasteiger partial charge in [0.2, 0.25) is 11.8 Å². The SMILES string of the molecule is CCc1ccc(N2C(=O)C3CC=C4C(CC5C(=O)N(Nc6ncc(C(F)(F)F)cc6Cl)C(=O)C5(c5ccc(Cl)cc5)C4c4cc(OC)c(O)c(Br)c4Br)C3C2=O)cc1. The minimum absolute atomic E-state index is 0.0330. The molecule has 17 heteroatoms. The summed E-state index contributed by atoms with van der Waals surface area (Å²) in [7, 11) is 1.35. The Morgan fingerprint density at radius 3 is 2.28 bits per heavy atom. The number of alkyl halides is 3. The van der Waals surface area contributed by atoms with Gasteiger partial charge in [-0.15, -0.1) is 0 Å². The number of carbonyl (C=O) groups is 4. The third kappa shape index (κ3) is 6.05. The molecule has 10 nitrogen and oxygen atoms in total. The van der Waals surface area contributed by atoms with Crippen LogP contribution in [0.25, 0.3) is 0 Å². The van der Waals surface area contributed by atoms with Gasteiger partial charge in [-0.1, -0.05) is 66.0 Å². The lowest BCUT2D eigenvalue weighted by molar-refractivity contribution is -0.139. The van der Waals surface area contributed by atoms with Crippen molar-refractivity contribution in [2.75, 3.05) is 17.4 Å². The molecule has 3 aromatic carbocycles. The number of ether oxygens (including phenoxy) is 1. The normalized spacial score (nSPS) is 25.4. The van der Waals surface area contributed by atoms with Crippen molar-refractivity contribution in [3.05, 3.63) is 120 Å². The van der Waals surface area contributed by atoms with E-state index in [1.54, 1.807) is 42.5 Å². The van der Waals surface area contributed by atoms with E-state index in [-0.39, 0.29) is 40.5 Å². The number of hydrogen-bond donors (Lipinski definition) is 2. The summed E-state index contributed by atoms with van der Waals surface area (Å²) in [5.41, 5.74) is 2.48. The van der Waals surface area contributed by atoms with Gasteiger partial charge in [0.25, 0.3) is 11.8 Å². The Morgan fingerprint density at radius 2 is 1.66 bits per heavy atom. The summed E-state index contributed by atoms with van der Waals surface area (Å²) < 4.78 is 46.7. The zero-order chi connectivity index (χ0) is 41.6. The number of aromatic hydroxyl groups is 1. The molecule has 6 unspecified atom stereocenters. The Balaban J connectivity index is 1.34. The number of hydrogen-bond acceptors (Lipinski definition) is 8. The molecule has 3 heterocycles. The summed E-state index contributed by atoms with van der Waals surface area (Å²) in [6.07, 6.45) is -1.54. The number of halogens is 7. The minimum Gasteiger partial charge on any atom is -0.503 e. The maximum Gasteiger partial charge on any atom is 0.417 e. The number of nitrogens with one attached hydrogen (secondary N) is 1. The number of aryl methyl sites for hydroxylation is 1. The van der Waals surface area contributed by atoms with E-state index in [9.17, 15) is 27.9 Å². The number of allylic oxidation sites excluding steroid dienone is 2. The van der Waals surface area contributed by atoms with Gasteiger partial charge < -0.3 is 9.84 Å². The number of phenols is 1. The number of methoxy groups -OCH3 is 1. The Morgan fingerprint density at radius 1 is 0.966 bits per heavy atom. The molecule has 0 bridgehead atoms. The second-order valence-electron chi connectivity index (χ2n) is 14.6. The first-order valence-corrected chi connectivity index (χ1v) is 20.4. The molecule has 0 spiro atoms. The Kier molecular flexibility index (Phi) is 10.2. The zero-order valence-corrected chi connectivity index (χ0v) is 35.1. The maximum absolute atomic E-state index is 15.5. The molecule has 4 aliphatic rings. The van der Waals surface area contributed by atoms with E-state index in [4.69, 9.17) is 27.9 Å². The number of aromatic nitrogens is 1. The first kappa shape index (κ1) is 40.3. The summed E-state index contributed by atoms with van der Waals surface area (Å²) in [5.74, 6) is -7.72. The fourth-order valence-electron chi connectivity index (χ4n) is 9.24. The molecule has 1 saturated carbocycles. The van der Waals surface area contributed by atoms with Crippen LogP contribution in [0, 0.1) is 23.7 Å². The fraction of sp³-hybridized carbons (Fsp3) is 0.293. The van der Waals surface area contributed by atoms with Crippen molar-refractivity contribution in [3.8, 4) is 11.5 Å². The zero-order valence-electron chi connectivity index (χ0n) is 30.4. The molecule has 0 radical (unpaired) electrons. The van der Waals surface area contributed by atoms with Crippen LogP contribution in [0.15, 0.2) is 87.5 Å². The molecule has 2 aliphatic carbocycles. The van der Waals surface area contributed by atoms with Crippen LogP contribution < -0.4 is 15.1 Å². The average molecular weight is 963 g/mol. The number of benzene rings is 3. The first-order chi connectivity index (χ1) is 27.5. The van der Waals surface area contributed by atoms with Crippen LogP contribution >= 0.6 is 55.1 Å². The second-order valence-corrected chi connectivity index (χ2v) is 17.0. The van der Waals surface area contributed by atoms with Crippen LogP contribution in [0.5, 0.6) is 11.5 Å². The van der Waals surface area contributed by atoms with Gasteiger partial charge in [0.05, 0.1) is 51.0 Å². The number of anilines is 2. The number of hydrazine groups is 1.